The monoisotopic (exact) mass is 142 g/mol. The Labute approximate surface area is 59.6 Å². The molecule has 0 atom stereocenters. The number of allylic oxidation sites excluding steroid dienone is 3. The molecule has 0 amide bonds. The number of hydrogen-bond donors (Lipinski definition) is 1. The van der Waals surface area contributed by atoms with Crippen LogP contribution >= 0.6 is 0 Å². The molecule has 56 valence electrons. The Morgan fingerprint density at radius 2 is 2.40 bits per heavy atom. The molecule has 0 fully saturated rings. The lowest BCUT2D eigenvalue weighted by atomic mass is 10.5. The van der Waals surface area contributed by atoms with Crippen molar-refractivity contribution in [3.63, 3.8) is 0 Å². The van der Waals surface area contributed by atoms with Crippen LogP contribution in [0.5, 0.6) is 0 Å². The van der Waals surface area contributed by atoms with E-state index in [1.807, 2.05) is 0 Å². The molecule has 0 radical (unpaired) electrons. The zero-order valence-electron chi connectivity index (χ0n) is 5.83. The van der Waals surface area contributed by atoms with E-state index in [-0.39, 0.29) is 6.61 Å². The number of hydrogen-bond acceptors (Lipinski definition) is 2. The highest BCUT2D eigenvalue weighted by Crippen LogP contribution is 1.93. The summed E-state index contributed by atoms with van der Waals surface area (Å²) >= 11 is 0. The average molecular weight is 142 g/mol. The topological polar surface area (TPSA) is 46.5 Å². The molecule has 10 heavy (non-hydrogen) atoms. The second-order valence-corrected chi connectivity index (χ2v) is 1.70. The fourth-order valence-corrected chi connectivity index (χ4v) is 0.390. The van der Waals surface area contributed by atoms with Crippen molar-refractivity contribution in [3.8, 4) is 0 Å². The van der Waals surface area contributed by atoms with Crippen LogP contribution in [0.25, 0.3) is 0 Å². The molecule has 0 aliphatic heterocycles. The molecule has 0 saturated carbocycles. The van der Waals surface area contributed by atoms with Crippen LogP contribution in [0, 0.1) is 0 Å². The Bertz CT molecular complexity index is 158. The minimum absolute atomic E-state index is 0.295. The molecule has 3 nitrogen and oxygen atoms in total. The fourth-order valence-electron chi connectivity index (χ4n) is 0.390. The number of rotatable bonds is 4. The van der Waals surface area contributed by atoms with Crippen molar-refractivity contribution >= 4 is 5.97 Å². The van der Waals surface area contributed by atoms with Crippen LogP contribution in [0.1, 0.15) is 6.92 Å². The van der Waals surface area contributed by atoms with Gasteiger partial charge >= 0.3 is 5.97 Å². The van der Waals surface area contributed by atoms with Crippen LogP contribution in [0.3, 0.4) is 0 Å². The normalized spacial score (nSPS) is 10.7. The first-order chi connectivity index (χ1) is 4.66. The molecule has 0 bridgehead atoms. The molecule has 0 unspecified atom stereocenters. The lowest BCUT2D eigenvalue weighted by Gasteiger charge is -1.99. The standard InChI is InChI=1S/C7H10O3/c1-3-4-6(2)10-5-7(8)9/h3-4H,1,5H2,2H3,(H,8,9)/b6-4+. The van der Waals surface area contributed by atoms with Gasteiger partial charge in [-0.3, -0.25) is 0 Å². The molecular formula is C7H10O3. The summed E-state index contributed by atoms with van der Waals surface area (Å²) in [6.07, 6.45) is 3.14. The van der Waals surface area contributed by atoms with Gasteiger partial charge in [-0.15, -0.1) is 0 Å². The molecular weight excluding hydrogens is 132 g/mol. The Balaban J connectivity index is 3.58. The smallest absolute Gasteiger partial charge is 0.341 e. The van der Waals surface area contributed by atoms with Crippen LogP contribution in [-0.4, -0.2) is 17.7 Å². The quantitative estimate of drug-likeness (QED) is 0.473. The van der Waals surface area contributed by atoms with Crippen LogP contribution in [-0.2, 0) is 9.53 Å². The van der Waals surface area contributed by atoms with Gasteiger partial charge in [0.2, 0.25) is 0 Å². The van der Waals surface area contributed by atoms with Gasteiger partial charge in [0.1, 0.15) is 0 Å². The number of aliphatic carboxylic acids is 1. The van der Waals surface area contributed by atoms with E-state index < -0.39 is 5.97 Å². The minimum Gasteiger partial charge on any atom is -0.487 e. The fraction of sp³-hybridized carbons (Fsp3) is 0.286. The maximum atomic E-state index is 9.93. The van der Waals surface area contributed by atoms with E-state index in [1.165, 1.54) is 6.08 Å². The van der Waals surface area contributed by atoms with Crippen molar-refractivity contribution in [3.05, 3.63) is 24.5 Å². The van der Waals surface area contributed by atoms with E-state index in [0.717, 1.165) is 0 Å². The summed E-state index contributed by atoms with van der Waals surface area (Å²) in [5.74, 6) is -0.422. The molecule has 1 N–H and O–H groups in total. The van der Waals surface area contributed by atoms with Crippen LogP contribution < -0.4 is 0 Å². The van der Waals surface area contributed by atoms with E-state index in [0.29, 0.717) is 5.76 Å². The van der Waals surface area contributed by atoms with Gasteiger partial charge in [-0.1, -0.05) is 12.7 Å². The zero-order valence-corrected chi connectivity index (χ0v) is 5.83. The second kappa shape index (κ2) is 4.61. The molecule has 0 spiro atoms. The van der Waals surface area contributed by atoms with E-state index in [2.05, 4.69) is 6.58 Å². The molecule has 0 aromatic rings. The second-order valence-electron chi connectivity index (χ2n) is 1.70. The molecule has 0 rings (SSSR count). The number of carboxylic acid groups (broad SMARTS) is 1. The summed E-state index contributed by atoms with van der Waals surface area (Å²) in [5.41, 5.74) is 0. The minimum atomic E-state index is -0.975. The van der Waals surface area contributed by atoms with Gasteiger partial charge in [0.15, 0.2) is 6.61 Å². The third kappa shape index (κ3) is 4.90. The van der Waals surface area contributed by atoms with Crippen molar-refractivity contribution in [2.75, 3.05) is 6.61 Å². The maximum Gasteiger partial charge on any atom is 0.341 e. The van der Waals surface area contributed by atoms with Gasteiger partial charge in [-0.2, -0.15) is 0 Å². The summed E-state index contributed by atoms with van der Waals surface area (Å²) in [5, 5.41) is 8.15. The molecule has 0 saturated heterocycles. The number of ether oxygens (including phenoxy) is 1. The highest BCUT2D eigenvalue weighted by molar-refractivity contribution is 5.68. The van der Waals surface area contributed by atoms with Crippen molar-refractivity contribution in [2.24, 2.45) is 0 Å². The van der Waals surface area contributed by atoms with E-state index >= 15 is 0 Å². The Morgan fingerprint density at radius 1 is 1.80 bits per heavy atom. The summed E-state index contributed by atoms with van der Waals surface area (Å²) in [6.45, 7) is 4.80. The summed E-state index contributed by atoms with van der Waals surface area (Å²) in [6, 6.07) is 0. The summed E-state index contributed by atoms with van der Waals surface area (Å²) < 4.78 is 4.73. The first-order valence-corrected chi connectivity index (χ1v) is 2.80. The van der Waals surface area contributed by atoms with Gasteiger partial charge in [-0.05, 0) is 13.0 Å². The largest absolute Gasteiger partial charge is 0.487 e. The van der Waals surface area contributed by atoms with Crippen molar-refractivity contribution in [1.82, 2.24) is 0 Å². The lowest BCUT2D eigenvalue weighted by Crippen LogP contribution is -2.05. The molecule has 0 aliphatic rings. The predicted octanol–water partition coefficient (Wildman–Crippen LogP) is 1.18. The molecule has 0 aromatic heterocycles. The first-order valence-electron chi connectivity index (χ1n) is 2.80. The Kier molecular flexibility index (Phi) is 4.04. The predicted molar refractivity (Wildman–Crippen MR) is 37.5 cm³/mol. The van der Waals surface area contributed by atoms with E-state index in [4.69, 9.17) is 9.84 Å². The van der Waals surface area contributed by atoms with Crippen LogP contribution in [0.4, 0.5) is 0 Å². The zero-order chi connectivity index (χ0) is 7.98. The maximum absolute atomic E-state index is 9.93. The van der Waals surface area contributed by atoms with E-state index in [9.17, 15) is 4.79 Å². The van der Waals surface area contributed by atoms with Gasteiger partial charge in [0.25, 0.3) is 0 Å². The van der Waals surface area contributed by atoms with Crippen molar-refractivity contribution in [1.29, 1.82) is 0 Å². The number of carboxylic acids is 1. The third-order valence-corrected chi connectivity index (χ3v) is 0.776. The van der Waals surface area contributed by atoms with Crippen molar-refractivity contribution in [2.45, 2.75) is 6.92 Å². The molecule has 0 aliphatic carbocycles. The van der Waals surface area contributed by atoms with E-state index in [1.54, 1.807) is 13.0 Å². The van der Waals surface area contributed by atoms with Crippen LogP contribution in [0.15, 0.2) is 24.5 Å². The van der Waals surface area contributed by atoms with Crippen molar-refractivity contribution < 1.29 is 14.6 Å². The lowest BCUT2D eigenvalue weighted by molar-refractivity contribution is -0.140. The van der Waals surface area contributed by atoms with Crippen LogP contribution in [0.2, 0.25) is 0 Å². The van der Waals surface area contributed by atoms with Gasteiger partial charge in [0.05, 0.1) is 5.76 Å². The summed E-state index contributed by atoms with van der Waals surface area (Å²) in [7, 11) is 0. The molecule has 3 heteroatoms. The average Bonchev–Trinajstić information content (AvgIpc) is 1.85. The van der Waals surface area contributed by atoms with Gasteiger partial charge < -0.3 is 9.84 Å². The molecule has 0 heterocycles. The first kappa shape index (κ1) is 8.75. The highest BCUT2D eigenvalue weighted by atomic mass is 16.5. The van der Waals surface area contributed by atoms with Gasteiger partial charge in [0, 0.05) is 0 Å². The number of carbonyl (C=O) groups is 1. The summed E-state index contributed by atoms with van der Waals surface area (Å²) in [4.78, 5) is 9.93. The SMILES string of the molecule is C=C/C=C(\C)OCC(=O)O. The Morgan fingerprint density at radius 3 is 2.80 bits per heavy atom. The Hall–Kier alpha value is -1.25. The third-order valence-electron chi connectivity index (χ3n) is 0.776. The van der Waals surface area contributed by atoms with Gasteiger partial charge in [-0.25, -0.2) is 4.79 Å². The highest BCUT2D eigenvalue weighted by Gasteiger charge is 1.95. The molecule has 0 aromatic carbocycles.